The molecule has 1 aliphatic rings. The Labute approximate surface area is 123 Å². The van der Waals surface area contributed by atoms with Crippen molar-refractivity contribution in [2.75, 3.05) is 6.54 Å². The van der Waals surface area contributed by atoms with Gasteiger partial charge in [0.2, 0.25) is 0 Å². The third kappa shape index (κ3) is 3.78. The van der Waals surface area contributed by atoms with Crippen molar-refractivity contribution in [1.82, 2.24) is 5.32 Å². The van der Waals surface area contributed by atoms with E-state index in [1.54, 1.807) is 19.1 Å². The van der Waals surface area contributed by atoms with Crippen LogP contribution in [0.15, 0.2) is 18.2 Å². The molecule has 2 rings (SSSR count). The Bertz CT molecular complexity index is 551. The first-order valence-electron chi connectivity index (χ1n) is 7.17. The van der Waals surface area contributed by atoms with Crippen LogP contribution in [0, 0.1) is 17.0 Å². The number of rotatable bonds is 4. The van der Waals surface area contributed by atoms with E-state index in [4.69, 9.17) is 0 Å². The molecule has 0 aliphatic heterocycles. The lowest BCUT2D eigenvalue weighted by Crippen LogP contribution is -2.44. The number of carbonyl (C=O) groups excluding carboxylic acids is 1. The lowest BCUT2D eigenvalue weighted by Gasteiger charge is -2.32. The number of benzene rings is 1. The molecule has 0 atom stereocenters. The molecule has 0 spiro atoms. The SMILES string of the molecule is Cc1ccc(C(=O)NCC2(O)CCCCC2)cc1[N+](=O)[O-]. The first-order valence-corrected chi connectivity index (χ1v) is 7.17. The molecule has 1 aromatic carbocycles. The Morgan fingerprint density at radius 2 is 2.05 bits per heavy atom. The zero-order chi connectivity index (χ0) is 15.5. The van der Waals surface area contributed by atoms with E-state index in [0.29, 0.717) is 18.4 Å². The van der Waals surface area contributed by atoms with E-state index < -0.39 is 16.4 Å². The number of hydrogen-bond donors (Lipinski definition) is 2. The van der Waals surface area contributed by atoms with Gasteiger partial charge >= 0.3 is 0 Å². The summed E-state index contributed by atoms with van der Waals surface area (Å²) in [5.41, 5.74) is -0.155. The highest BCUT2D eigenvalue weighted by Crippen LogP contribution is 2.27. The van der Waals surface area contributed by atoms with Crippen LogP contribution in [0.5, 0.6) is 0 Å². The van der Waals surface area contributed by atoms with E-state index in [2.05, 4.69) is 5.32 Å². The molecule has 0 saturated heterocycles. The highest BCUT2D eigenvalue weighted by molar-refractivity contribution is 5.95. The molecule has 0 radical (unpaired) electrons. The van der Waals surface area contributed by atoms with Crippen molar-refractivity contribution in [2.45, 2.75) is 44.6 Å². The number of amides is 1. The molecule has 1 aliphatic carbocycles. The second-order valence-electron chi connectivity index (χ2n) is 5.73. The normalized spacial score (nSPS) is 17.2. The molecule has 0 bridgehead atoms. The van der Waals surface area contributed by atoms with Gasteiger partial charge in [0.25, 0.3) is 11.6 Å². The maximum Gasteiger partial charge on any atom is 0.273 e. The second kappa shape index (κ2) is 6.22. The van der Waals surface area contributed by atoms with E-state index in [9.17, 15) is 20.0 Å². The van der Waals surface area contributed by atoms with Gasteiger partial charge in [-0.25, -0.2) is 0 Å². The number of hydrogen-bond acceptors (Lipinski definition) is 4. The summed E-state index contributed by atoms with van der Waals surface area (Å²) in [4.78, 5) is 22.5. The largest absolute Gasteiger partial charge is 0.388 e. The molecule has 1 amide bonds. The molecule has 1 fully saturated rings. The van der Waals surface area contributed by atoms with E-state index >= 15 is 0 Å². The molecule has 6 nitrogen and oxygen atoms in total. The van der Waals surface area contributed by atoms with Crippen LogP contribution in [0.2, 0.25) is 0 Å². The second-order valence-corrected chi connectivity index (χ2v) is 5.73. The van der Waals surface area contributed by atoms with Gasteiger partial charge in [-0.05, 0) is 25.8 Å². The molecule has 6 heteroatoms. The Morgan fingerprint density at radius 1 is 1.38 bits per heavy atom. The van der Waals surface area contributed by atoms with Crippen LogP contribution in [0.1, 0.15) is 48.0 Å². The summed E-state index contributed by atoms with van der Waals surface area (Å²) < 4.78 is 0. The van der Waals surface area contributed by atoms with Gasteiger partial charge in [0.1, 0.15) is 0 Å². The minimum atomic E-state index is -0.843. The van der Waals surface area contributed by atoms with Crippen molar-refractivity contribution in [3.05, 3.63) is 39.4 Å². The number of nitrogens with zero attached hydrogens (tertiary/aromatic N) is 1. The number of nitro groups is 1. The van der Waals surface area contributed by atoms with Crippen LogP contribution in [0.25, 0.3) is 0 Å². The monoisotopic (exact) mass is 292 g/mol. The number of nitro benzene ring substituents is 1. The minimum Gasteiger partial charge on any atom is -0.388 e. The summed E-state index contributed by atoms with van der Waals surface area (Å²) in [6.45, 7) is 1.82. The summed E-state index contributed by atoms with van der Waals surface area (Å²) in [5.74, 6) is -0.392. The summed E-state index contributed by atoms with van der Waals surface area (Å²) in [5, 5.41) is 23.9. The predicted molar refractivity (Wildman–Crippen MR) is 78.2 cm³/mol. The standard InChI is InChI=1S/C15H20N2O4/c1-11-5-6-12(9-13(11)17(20)21)14(18)16-10-15(19)7-3-2-4-8-15/h5-6,9,19H,2-4,7-8,10H2,1H3,(H,16,18). The minimum absolute atomic E-state index is 0.0703. The van der Waals surface area contributed by atoms with Crippen LogP contribution >= 0.6 is 0 Å². The fourth-order valence-corrected chi connectivity index (χ4v) is 2.68. The van der Waals surface area contributed by atoms with Crippen LogP contribution < -0.4 is 5.32 Å². The maximum atomic E-state index is 12.1. The fourth-order valence-electron chi connectivity index (χ4n) is 2.68. The number of aliphatic hydroxyl groups is 1. The predicted octanol–water partition coefficient (Wildman–Crippen LogP) is 2.33. The Morgan fingerprint density at radius 3 is 2.67 bits per heavy atom. The average Bonchev–Trinajstić information content (AvgIpc) is 2.46. The Hall–Kier alpha value is -1.95. The quantitative estimate of drug-likeness (QED) is 0.658. The van der Waals surface area contributed by atoms with Gasteiger partial charge in [-0.1, -0.05) is 25.3 Å². The van der Waals surface area contributed by atoms with Gasteiger partial charge in [-0.3, -0.25) is 14.9 Å². The van der Waals surface area contributed by atoms with Crippen LogP contribution in [-0.2, 0) is 0 Å². The van der Waals surface area contributed by atoms with Crippen LogP contribution in [-0.4, -0.2) is 28.1 Å². The molecule has 1 saturated carbocycles. The molecule has 0 aromatic heterocycles. The summed E-state index contributed by atoms with van der Waals surface area (Å²) in [7, 11) is 0. The summed E-state index contributed by atoms with van der Waals surface area (Å²) >= 11 is 0. The van der Waals surface area contributed by atoms with Gasteiger partial charge in [0, 0.05) is 23.7 Å². The van der Waals surface area contributed by atoms with Crippen LogP contribution in [0.4, 0.5) is 5.69 Å². The number of aryl methyl sites for hydroxylation is 1. The highest BCUT2D eigenvalue weighted by Gasteiger charge is 2.29. The van der Waals surface area contributed by atoms with E-state index in [-0.39, 0.29) is 17.8 Å². The molecule has 0 unspecified atom stereocenters. The van der Waals surface area contributed by atoms with Crippen LogP contribution in [0.3, 0.4) is 0 Å². The Kier molecular flexibility index (Phi) is 4.57. The molecular formula is C15H20N2O4. The van der Waals surface area contributed by atoms with Crippen molar-refractivity contribution in [3.8, 4) is 0 Å². The third-order valence-corrected chi connectivity index (χ3v) is 4.03. The molecule has 1 aromatic rings. The number of carbonyl (C=O) groups is 1. The molecule has 114 valence electrons. The van der Waals surface area contributed by atoms with Gasteiger partial charge in [-0.15, -0.1) is 0 Å². The van der Waals surface area contributed by atoms with E-state index in [1.807, 2.05) is 0 Å². The Balaban J connectivity index is 2.03. The van der Waals surface area contributed by atoms with E-state index in [1.165, 1.54) is 6.07 Å². The number of nitrogens with one attached hydrogen (secondary N) is 1. The zero-order valence-electron chi connectivity index (χ0n) is 12.1. The third-order valence-electron chi connectivity index (χ3n) is 4.03. The maximum absolute atomic E-state index is 12.1. The lowest BCUT2D eigenvalue weighted by atomic mass is 9.85. The van der Waals surface area contributed by atoms with Gasteiger partial charge in [-0.2, -0.15) is 0 Å². The average molecular weight is 292 g/mol. The topological polar surface area (TPSA) is 92.5 Å². The molecule has 0 heterocycles. The van der Waals surface area contributed by atoms with Crippen molar-refractivity contribution in [2.24, 2.45) is 0 Å². The highest BCUT2D eigenvalue weighted by atomic mass is 16.6. The van der Waals surface area contributed by atoms with Gasteiger partial charge in [0.15, 0.2) is 0 Å². The van der Waals surface area contributed by atoms with Crippen molar-refractivity contribution >= 4 is 11.6 Å². The zero-order valence-corrected chi connectivity index (χ0v) is 12.1. The first kappa shape index (κ1) is 15.4. The fraction of sp³-hybridized carbons (Fsp3) is 0.533. The van der Waals surface area contributed by atoms with E-state index in [0.717, 1.165) is 19.3 Å². The smallest absolute Gasteiger partial charge is 0.273 e. The molecular weight excluding hydrogens is 272 g/mol. The molecule has 2 N–H and O–H groups in total. The van der Waals surface area contributed by atoms with Crippen molar-refractivity contribution < 1.29 is 14.8 Å². The molecule has 21 heavy (non-hydrogen) atoms. The van der Waals surface area contributed by atoms with Crippen molar-refractivity contribution in [3.63, 3.8) is 0 Å². The van der Waals surface area contributed by atoms with Gasteiger partial charge in [0.05, 0.1) is 10.5 Å². The van der Waals surface area contributed by atoms with Crippen molar-refractivity contribution in [1.29, 1.82) is 0 Å². The van der Waals surface area contributed by atoms with Gasteiger partial charge < -0.3 is 10.4 Å². The summed E-state index contributed by atoms with van der Waals surface area (Å²) in [6.07, 6.45) is 4.40. The lowest BCUT2D eigenvalue weighted by molar-refractivity contribution is -0.385. The first-order chi connectivity index (χ1) is 9.91. The summed E-state index contributed by atoms with van der Waals surface area (Å²) in [6, 6.07) is 4.39.